The van der Waals surface area contributed by atoms with Gasteiger partial charge in [0.1, 0.15) is 17.2 Å². The van der Waals surface area contributed by atoms with Crippen molar-refractivity contribution in [1.82, 2.24) is 4.98 Å². The van der Waals surface area contributed by atoms with E-state index in [9.17, 15) is 20.0 Å². The van der Waals surface area contributed by atoms with Gasteiger partial charge in [0, 0.05) is 24.1 Å². The van der Waals surface area contributed by atoms with Crippen LogP contribution in [-0.4, -0.2) is 28.0 Å². The molecule has 0 aliphatic heterocycles. The minimum absolute atomic E-state index is 0.0462. The van der Waals surface area contributed by atoms with Gasteiger partial charge in [0.05, 0.1) is 17.6 Å². The molecule has 0 aliphatic carbocycles. The van der Waals surface area contributed by atoms with Crippen LogP contribution in [0.4, 0.5) is 11.6 Å². The number of phenolic OH excluding ortho intramolecular Hbond substituents is 1. The third kappa shape index (κ3) is 5.35. The summed E-state index contributed by atoms with van der Waals surface area (Å²) in [6, 6.07) is 18.1. The maximum atomic E-state index is 12.4. The SMILES string of the molecule is CCCCC(=O)Nc1oc(-c2ccc(-c3cccc([N+](=O)[O-])c3)cc2O)nc1-c1cccc(OC)c1. The van der Waals surface area contributed by atoms with Crippen LogP contribution in [0.15, 0.2) is 71.1 Å². The third-order valence-corrected chi connectivity index (χ3v) is 5.60. The first kappa shape index (κ1) is 24.5. The van der Waals surface area contributed by atoms with Gasteiger partial charge in [0.25, 0.3) is 5.69 Å². The number of rotatable bonds is 9. The van der Waals surface area contributed by atoms with Crippen molar-refractivity contribution in [3.8, 4) is 45.3 Å². The molecule has 1 aromatic heterocycles. The number of nitro benzene ring substituents is 1. The molecular formula is C27H25N3O6. The zero-order valence-electron chi connectivity index (χ0n) is 19.9. The van der Waals surface area contributed by atoms with E-state index in [1.54, 1.807) is 49.6 Å². The molecule has 0 fully saturated rings. The number of unbranched alkanes of at least 4 members (excludes halogenated alkanes) is 1. The number of phenols is 1. The molecule has 4 rings (SSSR count). The van der Waals surface area contributed by atoms with Crippen molar-refractivity contribution >= 4 is 17.5 Å². The Hall–Kier alpha value is -4.66. The first-order chi connectivity index (χ1) is 17.4. The number of aromatic nitrogens is 1. The molecule has 9 nitrogen and oxygen atoms in total. The summed E-state index contributed by atoms with van der Waals surface area (Å²) in [5, 5.41) is 24.7. The number of anilines is 1. The fraction of sp³-hybridized carbons (Fsp3) is 0.185. The van der Waals surface area contributed by atoms with Crippen LogP contribution >= 0.6 is 0 Å². The summed E-state index contributed by atoms with van der Waals surface area (Å²) in [7, 11) is 1.56. The topological polar surface area (TPSA) is 128 Å². The number of amides is 1. The minimum Gasteiger partial charge on any atom is -0.507 e. The number of hydrogen-bond acceptors (Lipinski definition) is 7. The predicted molar refractivity (Wildman–Crippen MR) is 136 cm³/mol. The van der Waals surface area contributed by atoms with Gasteiger partial charge in [-0.25, -0.2) is 4.98 Å². The Kier molecular flexibility index (Phi) is 7.29. The molecule has 0 spiro atoms. The highest BCUT2D eigenvalue weighted by Crippen LogP contribution is 2.39. The summed E-state index contributed by atoms with van der Waals surface area (Å²) in [5.41, 5.74) is 2.50. The summed E-state index contributed by atoms with van der Waals surface area (Å²) in [6.07, 6.45) is 1.96. The highest BCUT2D eigenvalue weighted by molar-refractivity contribution is 5.93. The maximum absolute atomic E-state index is 12.4. The molecule has 2 N–H and O–H groups in total. The molecule has 3 aromatic carbocycles. The van der Waals surface area contributed by atoms with Gasteiger partial charge in [-0.1, -0.05) is 43.7 Å². The second-order valence-corrected chi connectivity index (χ2v) is 8.12. The number of oxazole rings is 1. The Bertz CT molecular complexity index is 1410. The lowest BCUT2D eigenvalue weighted by atomic mass is 10.0. The van der Waals surface area contributed by atoms with Crippen LogP contribution in [0.1, 0.15) is 26.2 Å². The quantitative estimate of drug-likeness (QED) is 0.206. The van der Waals surface area contributed by atoms with Crippen molar-refractivity contribution in [3.05, 3.63) is 76.8 Å². The molecule has 4 aromatic rings. The van der Waals surface area contributed by atoms with Crippen LogP contribution in [0.2, 0.25) is 0 Å². The van der Waals surface area contributed by atoms with E-state index >= 15 is 0 Å². The van der Waals surface area contributed by atoms with E-state index in [-0.39, 0.29) is 29.1 Å². The summed E-state index contributed by atoms with van der Waals surface area (Å²) < 4.78 is 11.2. The second-order valence-electron chi connectivity index (χ2n) is 8.12. The van der Waals surface area contributed by atoms with Crippen LogP contribution in [-0.2, 0) is 4.79 Å². The number of nitrogens with zero attached hydrogens (tertiary/aromatic N) is 2. The predicted octanol–water partition coefficient (Wildman–Crippen LogP) is 6.43. The highest BCUT2D eigenvalue weighted by atomic mass is 16.6. The average Bonchev–Trinajstić information content (AvgIpc) is 3.30. The Balaban J connectivity index is 1.73. The number of ether oxygens (including phenoxy) is 1. The number of carbonyl (C=O) groups excluding carboxylic acids is 1. The van der Waals surface area contributed by atoms with Gasteiger partial charge in [0.15, 0.2) is 0 Å². The molecule has 0 atom stereocenters. The molecule has 9 heteroatoms. The number of aromatic hydroxyl groups is 1. The number of methoxy groups -OCH3 is 1. The fourth-order valence-electron chi connectivity index (χ4n) is 3.70. The molecule has 0 bridgehead atoms. The molecule has 0 unspecified atom stereocenters. The molecule has 1 heterocycles. The van der Waals surface area contributed by atoms with Crippen molar-refractivity contribution in [2.75, 3.05) is 12.4 Å². The van der Waals surface area contributed by atoms with Crippen LogP contribution in [0, 0.1) is 10.1 Å². The smallest absolute Gasteiger partial charge is 0.270 e. The van der Waals surface area contributed by atoms with Gasteiger partial charge >= 0.3 is 0 Å². The summed E-state index contributed by atoms with van der Waals surface area (Å²) >= 11 is 0. The van der Waals surface area contributed by atoms with Gasteiger partial charge in [0.2, 0.25) is 17.7 Å². The Morgan fingerprint density at radius 3 is 2.56 bits per heavy atom. The Morgan fingerprint density at radius 2 is 1.83 bits per heavy atom. The van der Waals surface area contributed by atoms with E-state index in [4.69, 9.17) is 9.15 Å². The normalized spacial score (nSPS) is 10.7. The van der Waals surface area contributed by atoms with E-state index in [1.165, 1.54) is 18.2 Å². The summed E-state index contributed by atoms with van der Waals surface area (Å²) in [4.78, 5) is 27.7. The number of carbonyl (C=O) groups is 1. The van der Waals surface area contributed by atoms with Gasteiger partial charge in [-0.2, -0.15) is 0 Å². The molecule has 0 saturated heterocycles. The van der Waals surface area contributed by atoms with E-state index in [0.717, 1.165) is 12.8 Å². The van der Waals surface area contributed by atoms with Crippen LogP contribution < -0.4 is 10.1 Å². The molecule has 0 aliphatic rings. The van der Waals surface area contributed by atoms with Crippen molar-refractivity contribution in [2.24, 2.45) is 0 Å². The van der Waals surface area contributed by atoms with E-state index < -0.39 is 4.92 Å². The molecule has 184 valence electrons. The molecule has 36 heavy (non-hydrogen) atoms. The first-order valence-corrected chi connectivity index (χ1v) is 11.4. The zero-order chi connectivity index (χ0) is 25.7. The number of hydrogen-bond donors (Lipinski definition) is 2. The highest BCUT2D eigenvalue weighted by Gasteiger charge is 2.21. The van der Waals surface area contributed by atoms with Crippen molar-refractivity contribution in [2.45, 2.75) is 26.2 Å². The zero-order valence-corrected chi connectivity index (χ0v) is 19.9. The Morgan fingerprint density at radius 1 is 1.08 bits per heavy atom. The number of non-ortho nitro benzene ring substituents is 1. The standard InChI is InChI=1S/C27H25N3O6/c1-3-4-11-24(32)28-27-25(19-8-6-10-21(15-19)35-2)29-26(36-27)22-13-12-18(16-23(22)31)17-7-5-9-20(14-17)30(33)34/h5-10,12-16,31H,3-4,11H2,1-2H3,(H,28,32). The summed E-state index contributed by atoms with van der Waals surface area (Å²) in [6.45, 7) is 2.00. The van der Waals surface area contributed by atoms with Gasteiger partial charge in [-0.3, -0.25) is 20.2 Å². The molecule has 0 saturated carbocycles. The first-order valence-electron chi connectivity index (χ1n) is 11.4. The largest absolute Gasteiger partial charge is 0.507 e. The van der Waals surface area contributed by atoms with E-state index in [1.807, 2.05) is 13.0 Å². The average molecular weight is 488 g/mol. The molecule has 0 radical (unpaired) electrons. The lowest BCUT2D eigenvalue weighted by Crippen LogP contribution is -2.11. The molecule has 1 amide bonds. The van der Waals surface area contributed by atoms with Crippen molar-refractivity contribution < 1.29 is 24.0 Å². The van der Waals surface area contributed by atoms with Crippen LogP contribution in [0.5, 0.6) is 11.5 Å². The molecular weight excluding hydrogens is 462 g/mol. The fourth-order valence-corrected chi connectivity index (χ4v) is 3.70. The van der Waals surface area contributed by atoms with Crippen molar-refractivity contribution in [1.29, 1.82) is 0 Å². The number of nitro groups is 1. The van der Waals surface area contributed by atoms with Crippen LogP contribution in [0.25, 0.3) is 33.8 Å². The lowest BCUT2D eigenvalue weighted by molar-refractivity contribution is -0.384. The monoisotopic (exact) mass is 487 g/mol. The number of nitrogens with one attached hydrogen (secondary N) is 1. The second kappa shape index (κ2) is 10.7. The van der Waals surface area contributed by atoms with E-state index in [2.05, 4.69) is 10.3 Å². The number of benzene rings is 3. The van der Waals surface area contributed by atoms with E-state index in [0.29, 0.717) is 40.1 Å². The third-order valence-electron chi connectivity index (χ3n) is 5.60. The van der Waals surface area contributed by atoms with Crippen LogP contribution in [0.3, 0.4) is 0 Å². The van der Waals surface area contributed by atoms with Crippen molar-refractivity contribution in [3.63, 3.8) is 0 Å². The van der Waals surface area contributed by atoms with Gasteiger partial charge in [-0.05, 0) is 41.8 Å². The minimum atomic E-state index is -0.471. The lowest BCUT2D eigenvalue weighted by Gasteiger charge is -2.06. The Labute approximate surface area is 207 Å². The maximum Gasteiger partial charge on any atom is 0.270 e. The van der Waals surface area contributed by atoms with Gasteiger partial charge in [-0.15, -0.1) is 0 Å². The van der Waals surface area contributed by atoms with Gasteiger partial charge < -0.3 is 14.3 Å². The summed E-state index contributed by atoms with van der Waals surface area (Å²) in [5.74, 6) is 0.572.